The third kappa shape index (κ3) is 2.30. The summed E-state index contributed by atoms with van der Waals surface area (Å²) in [6.07, 6.45) is 0.227. The van der Waals surface area contributed by atoms with E-state index in [9.17, 15) is 5.11 Å². The van der Waals surface area contributed by atoms with Crippen LogP contribution in [-0.4, -0.2) is 16.2 Å². The highest BCUT2D eigenvalue weighted by Crippen LogP contribution is 2.20. The number of phenolic OH excluding ortho intramolecular Hbond substituents is 1. The molecular weight excluding hydrogens is 190 g/mol. The maximum atomic E-state index is 9.31. The van der Waals surface area contributed by atoms with Crippen LogP contribution in [0.3, 0.4) is 0 Å². The summed E-state index contributed by atoms with van der Waals surface area (Å²) >= 11 is 0. The minimum absolute atomic E-state index is 0.227. The zero-order chi connectivity index (χ0) is 10.8. The molecule has 3 heteroatoms. The number of rotatable bonds is 3. The van der Waals surface area contributed by atoms with Gasteiger partial charge in [-0.3, -0.25) is 0 Å². The van der Waals surface area contributed by atoms with Crippen LogP contribution in [0.1, 0.15) is 19.5 Å². The summed E-state index contributed by atoms with van der Waals surface area (Å²) in [4.78, 5) is 3.24. The molecule has 0 amide bonds. The fraction of sp³-hybridized carbons (Fsp3) is 0.333. The molecule has 0 saturated heterocycles. The predicted octanol–water partition coefficient (Wildman–Crippen LogP) is 2.80. The van der Waals surface area contributed by atoms with E-state index in [2.05, 4.69) is 4.98 Å². The van der Waals surface area contributed by atoms with Crippen LogP contribution in [0.25, 0.3) is 10.9 Å². The van der Waals surface area contributed by atoms with Gasteiger partial charge in [-0.15, -0.1) is 0 Å². The number of nitrogens with one attached hydrogen (secondary N) is 1. The second-order valence-corrected chi connectivity index (χ2v) is 3.93. The number of hydrogen-bond acceptors (Lipinski definition) is 2. The Balaban J connectivity index is 2.23. The molecule has 0 fully saturated rings. The standard InChI is InChI=1S/C12H15NO2/c1-8(2)15-7-10-5-9-6-11(14)3-4-12(9)13-10/h3-6,8,13-14H,7H2,1-2H3. The molecule has 2 aromatic rings. The monoisotopic (exact) mass is 205 g/mol. The number of aromatic hydroxyl groups is 1. The highest BCUT2D eigenvalue weighted by Gasteiger charge is 2.02. The third-order valence-corrected chi connectivity index (χ3v) is 2.23. The van der Waals surface area contributed by atoms with Crippen molar-refractivity contribution in [3.05, 3.63) is 30.0 Å². The topological polar surface area (TPSA) is 45.2 Å². The van der Waals surface area contributed by atoms with Crippen molar-refractivity contribution in [1.82, 2.24) is 4.98 Å². The first-order valence-corrected chi connectivity index (χ1v) is 5.07. The molecule has 0 aliphatic heterocycles. The molecule has 0 aliphatic rings. The molecule has 2 rings (SSSR count). The quantitative estimate of drug-likeness (QED) is 0.809. The maximum Gasteiger partial charge on any atom is 0.116 e. The molecule has 80 valence electrons. The number of ether oxygens (including phenoxy) is 1. The first-order valence-electron chi connectivity index (χ1n) is 5.07. The van der Waals surface area contributed by atoms with E-state index in [4.69, 9.17) is 4.74 Å². The van der Waals surface area contributed by atoms with E-state index in [1.807, 2.05) is 26.0 Å². The number of aromatic nitrogens is 1. The van der Waals surface area contributed by atoms with Crippen LogP contribution in [0, 0.1) is 0 Å². The minimum atomic E-state index is 0.227. The highest BCUT2D eigenvalue weighted by atomic mass is 16.5. The number of benzene rings is 1. The van der Waals surface area contributed by atoms with Gasteiger partial charge in [-0.25, -0.2) is 0 Å². The van der Waals surface area contributed by atoms with Crippen molar-refractivity contribution in [3.8, 4) is 5.75 Å². The summed E-state index contributed by atoms with van der Waals surface area (Å²) in [6, 6.07) is 7.28. The van der Waals surface area contributed by atoms with Crippen LogP contribution in [0.2, 0.25) is 0 Å². The second-order valence-electron chi connectivity index (χ2n) is 3.93. The summed E-state index contributed by atoms with van der Waals surface area (Å²) in [7, 11) is 0. The van der Waals surface area contributed by atoms with Crippen molar-refractivity contribution in [3.63, 3.8) is 0 Å². The first kappa shape index (κ1) is 10.1. The lowest BCUT2D eigenvalue weighted by atomic mass is 10.2. The Morgan fingerprint density at radius 3 is 2.87 bits per heavy atom. The summed E-state index contributed by atoms with van der Waals surface area (Å²) in [5.74, 6) is 0.290. The zero-order valence-corrected chi connectivity index (χ0v) is 8.95. The van der Waals surface area contributed by atoms with Crippen molar-refractivity contribution in [2.75, 3.05) is 0 Å². The fourth-order valence-corrected chi connectivity index (χ4v) is 1.51. The lowest BCUT2D eigenvalue weighted by Gasteiger charge is -2.04. The Morgan fingerprint density at radius 1 is 1.33 bits per heavy atom. The van der Waals surface area contributed by atoms with Gasteiger partial charge >= 0.3 is 0 Å². The van der Waals surface area contributed by atoms with Crippen molar-refractivity contribution in [2.45, 2.75) is 26.6 Å². The van der Waals surface area contributed by atoms with Gasteiger partial charge in [-0.1, -0.05) is 0 Å². The number of aromatic amines is 1. The van der Waals surface area contributed by atoms with Gasteiger partial charge in [0.25, 0.3) is 0 Å². The van der Waals surface area contributed by atoms with Gasteiger partial charge in [-0.2, -0.15) is 0 Å². The van der Waals surface area contributed by atoms with Gasteiger partial charge < -0.3 is 14.8 Å². The fourth-order valence-electron chi connectivity index (χ4n) is 1.51. The van der Waals surface area contributed by atoms with Crippen molar-refractivity contribution in [1.29, 1.82) is 0 Å². The average Bonchev–Trinajstić information content (AvgIpc) is 2.56. The lowest BCUT2D eigenvalue weighted by Crippen LogP contribution is -2.02. The van der Waals surface area contributed by atoms with Gasteiger partial charge in [0.2, 0.25) is 0 Å². The van der Waals surface area contributed by atoms with E-state index in [0.717, 1.165) is 16.6 Å². The molecule has 0 saturated carbocycles. The Hall–Kier alpha value is -1.48. The number of hydrogen-bond donors (Lipinski definition) is 2. The predicted molar refractivity (Wildman–Crippen MR) is 59.9 cm³/mol. The molecule has 3 nitrogen and oxygen atoms in total. The molecule has 15 heavy (non-hydrogen) atoms. The van der Waals surface area contributed by atoms with Gasteiger partial charge in [-0.05, 0) is 38.1 Å². The summed E-state index contributed by atoms with van der Waals surface area (Å²) in [5, 5.41) is 10.3. The van der Waals surface area contributed by atoms with Crippen molar-refractivity contribution >= 4 is 10.9 Å². The first-order chi connectivity index (χ1) is 7.15. The van der Waals surface area contributed by atoms with Crippen LogP contribution in [0.15, 0.2) is 24.3 Å². The van der Waals surface area contributed by atoms with Crippen molar-refractivity contribution < 1.29 is 9.84 Å². The number of H-pyrrole nitrogens is 1. The molecule has 0 aliphatic carbocycles. The van der Waals surface area contributed by atoms with E-state index in [0.29, 0.717) is 6.61 Å². The number of phenols is 1. The van der Waals surface area contributed by atoms with E-state index in [-0.39, 0.29) is 11.9 Å². The van der Waals surface area contributed by atoms with E-state index in [1.165, 1.54) is 0 Å². The molecule has 1 heterocycles. The molecule has 0 spiro atoms. The Labute approximate surface area is 88.7 Å². The third-order valence-electron chi connectivity index (χ3n) is 2.23. The molecule has 1 aromatic heterocycles. The molecule has 0 bridgehead atoms. The van der Waals surface area contributed by atoms with Crippen molar-refractivity contribution in [2.24, 2.45) is 0 Å². The molecule has 1 aromatic carbocycles. The van der Waals surface area contributed by atoms with E-state index in [1.54, 1.807) is 12.1 Å². The summed E-state index contributed by atoms with van der Waals surface area (Å²) in [6.45, 7) is 4.59. The normalized spacial score (nSPS) is 11.4. The van der Waals surface area contributed by atoms with Gasteiger partial charge in [0, 0.05) is 16.6 Å². The van der Waals surface area contributed by atoms with Crippen LogP contribution in [-0.2, 0) is 11.3 Å². The number of fused-ring (bicyclic) bond motifs is 1. The zero-order valence-electron chi connectivity index (χ0n) is 8.95. The van der Waals surface area contributed by atoms with Crippen LogP contribution in [0.5, 0.6) is 5.75 Å². The summed E-state index contributed by atoms with van der Waals surface area (Å²) < 4.78 is 5.49. The maximum absolute atomic E-state index is 9.31. The van der Waals surface area contributed by atoms with E-state index < -0.39 is 0 Å². The van der Waals surface area contributed by atoms with E-state index >= 15 is 0 Å². The summed E-state index contributed by atoms with van der Waals surface area (Å²) in [5.41, 5.74) is 2.06. The Morgan fingerprint density at radius 2 is 2.13 bits per heavy atom. The molecule has 2 N–H and O–H groups in total. The molecule has 0 radical (unpaired) electrons. The smallest absolute Gasteiger partial charge is 0.116 e. The van der Waals surface area contributed by atoms with Crippen LogP contribution < -0.4 is 0 Å². The molecular formula is C12H15NO2. The highest BCUT2D eigenvalue weighted by molar-refractivity contribution is 5.81. The van der Waals surface area contributed by atoms with Gasteiger partial charge in [0.15, 0.2) is 0 Å². The van der Waals surface area contributed by atoms with Crippen LogP contribution in [0.4, 0.5) is 0 Å². The average molecular weight is 205 g/mol. The van der Waals surface area contributed by atoms with Gasteiger partial charge in [0.05, 0.1) is 12.7 Å². The second kappa shape index (κ2) is 3.95. The van der Waals surface area contributed by atoms with Gasteiger partial charge in [0.1, 0.15) is 5.75 Å². The largest absolute Gasteiger partial charge is 0.508 e. The molecule has 0 unspecified atom stereocenters. The molecule has 0 atom stereocenters. The Bertz CT molecular complexity index is 460. The SMILES string of the molecule is CC(C)OCc1cc2cc(O)ccc2[nH]1. The van der Waals surface area contributed by atoms with Crippen LogP contribution >= 0.6 is 0 Å². The minimum Gasteiger partial charge on any atom is -0.508 e. The Kier molecular flexibility index (Phi) is 2.64. The lowest BCUT2D eigenvalue weighted by molar-refractivity contribution is 0.0639.